The van der Waals surface area contributed by atoms with Crippen molar-refractivity contribution in [2.75, 3.05) is 12.4 Å². The number of hydrogen-bond acceptors (Lipinski definition) is 5. The standard InChI is InChI=1S/C19H18N2O4/c1-25-18-9-11(5-8-17(18)22)19-14-4-2-3-13(14)15-10-12(21(23)24)6-7-16(15)20-19/h2-3,5-10,13-14,19-20,22H,4H2,1H3. The number of rotatable bonds is 3. The van der Waals surface area contributed by atoms with Crippen LogP contribution in [0.3, 0.4) is 0 Å². The lowest BCUT2D eigenvalue weighted by Gasteiger charge is -2.37. The van der Waals surface area contributed by atoms with E-state index in [1.54, 1.807) is 18.2 Å². The first-order valence-corrected chi connectivity index (χ1v) is 8.17. The van der Waals surface area contributed by atoms with Gasteiger partial charge in [-0.2, -0.15) is 0 Å². The number of phenolic OH excluding ortho intramolecular Hbond substituents is 1. The van der Waals surface area contributed by atoms with Crippen LogP contribution < -0.4 is 10.1 Å². The number of nitrogens with zero attached hydrogens (tertiary/aromatic N) is 1. The second-order valence-electron chi connectivity index (χ2n) is 6.44. The molecule has 6 heteroatoms. The average Bonchev–Trinajstić information content (AvgIpc) is 3.11. The van der Waals surface area contributed by atoms with E-state index in [1.165, 1.54) is 13.2 Å². The molecule has 3 unspecified atom stereocenters. The number of nitro benzene ring substituents is 1. The molecule has 2 aromatic rings. The minimum atomic E-state index is -0.356. The largest absolute Gasteiger partial charge is 0.504 e. The summed E-state index contributed by atoms with van der Waals surface area (Å²) in [6, 6.07) is 10.4. The number of non-ortho nitro benzene ring substituents is 1. The molecule has 6 nitrogen and oxygen atoms in total. The quantitative estimate of drug-likeness (QED) is 0.499. The van der Waals surface area contributed by atoms with Gasteiger partial charge in [0.05, 0.1) is 18.1 Å². The number of anilines is 1. The second kappa shape index (κ2) is 5.81. The van der Waals surface area contributed by atoms with Crippen LogP contribution in [0.25, 0.3) is 0 Å². The predicted octanol–water partition coefficient (Wildman–Crippen LogP) is 4.14. The van der Waals surface area contributed by atoms with E-state index >= 15 is 0 Å². The molecule has 0 amide bonds. The first-order chi connectivity index (χ1) is 12.1. The zero-order valence-electron chi connectivity index (χ0n) is 13.7. The Bertz CT molecular complexity index is 878. The van der Waals surface area contributed by atoms with Gasteiger partial charge in [0.15, 0.2) is 11.5 Å². The van der Waals surface area contributed by atoms with Crippen LogP contribution in [-0.2, 0) is 0 Å². The third-order valence-corrected chi connectivity index (χ3v) is 5.12. The van der Waals surface area contributed by atoms with Crippen molar-refractivity contribution in [3.8, 4) is 11.5 Å². The molecule has 1 aliphatic carbocycles. The van der Waals surface area contributed by atoms with Gasteiger partial charge in [-0.05, 0) is 41.7 Å². The first-order valence-electron chi connectivity index (χ1n) is 8.17. The van der Waals surface area contributed by atoms with E-state index in [4.69, 9.17) is 4.74 Å². The number of fused-ring (bicyclic) bond motifs is 3. The van der Waals surface area contributed by atoms with Crippen molar-refractivity contribution in [3.05, 3.63) is 69.8 Å². The normalized spacial score (nSPS) is 23.5. The molecule has 0 bridgehead atoms. The average molecular weight is 338 g/mol. The van der Waals surface area contributed by atoms with Gasteiger partial charge < -0.3 is 15.2 Å². The maximum atomic E-state index is 11.1. The number of nitrogens with one attached hydrogen (secondary N) is 1. The number of methoxy groups -OCH3 is 1. The van der Waals surface area contributed by atoms with E-state index in [2.05, 4.69) is 17.5 Å². The van der Waals surface area contributed by atoms with E-state index in [-0.39, 0.29) is 34.2 Å². The maximum absolute atomic E-state index is 11.1. The number of allylic oxidation sites excluding steroid dienone is 2. The van der Waals surface area contributed by atoms with Gasteiger partial charge in [0.25, 0.3) is 5.69 Å². The van der Waals surface area contributed by atoms with Crippen LogP contribution in [0.5, 0.6) is 11.5 Å². The second-order valence-corrected chi connectivity index (χ2v) is 6.44. The molecule has 2 aromatic carbocycles. The Balaban J connectivity index is 1.77. The molecule has 1 heterocycles. The fourth-order valence-corrected chi connectivity index (χ4v) is 3.91. The van der Waals surface area contributed by atoms with Gasteiger partial charge >= 0.3 is 0 Å². The fraction of sp³-hybridized carbons (Fsp3) is 0.263. The molecule has 0 aromatic heterocycles. The summed E-state index contributed by atoms with van der Waals surface area (Å²) < 4.78 is 5.23. The summed E-state index contributed by atoms with van der Waals surface area (Å²) in [5, 5.41) is 24.5. The number of nitro groups is 1. The number of hydrogen-bond donors (Lipinski definition) is 2. The van der Waals surface area contributed by atoms with Gasteiger partial charge in [-0.15, -0.1) is 0 Å². The monoisotopic (exact) mass is 338 g/mol. The van der Waals surface area contributed by atoms with Gasteiger partial charge in [-0.25, -0.2) is 0 Å². The Labute approximate surface area is 144 Å². The molecule has 0 saturated heterocycles. The molecule has 4 rings (SSSR count). The lowest BCUT2D eigenvalue weighted by Crippen LogP contribution is -2.29. The van der Waals surface area contributed by atoms with E-state index in [9.17, 15) is 15.2 Å². The van der Waals surface area contributed by atoms with Crippen LogP contribution in [0.15, 0.2) is 48.6 Å². The Kier molecular flexibility index (Phi) is 3.60. The zero-order valence-corrected chi connectivity index (χ0v) is 13.7. The van der Waals surface area contributed by atoms with Gasteiger partial charge in [0, 0.05) is 23.7 Å². The van der Waals surface area contributed by atoms with Crippen LogP contribution in [0.4, 0.5) is 11.4 Å². The first kappa shape index (κ1) is 15.5. The summed E-state index contributed by atoms with van der Waals surface area (Å²) in [4.78, 5) is 10.7. The Morgan fingerprint density at radius 1 is 1.28 bits per heavy atom. The smallest absolute Gasteiger partial charge is 0.269 e. The molecule has 128 valence electrons. The minimum absolute atomic E-state index is 0.0449. The summed E-state index contributed by atoms with van der Waals surface area (Å²) in [7, 11) is 1.53. The summed E-state index contributed by atoms with van der Waals surface area (Å²) in [6.07, 6.45) is 5.17. The van der Waals surface area contributed by atoms with E-state index in [0.717, 1.165) is 23.2 Å². The molecule has 2 N–H and O–H groups in total. The molecule has 0 spiro atoms. The number of aromatic hydroxyl groups is 1. The van der Waals surface area contributed by atoms with Crippen molar-refractivity contribution in [3.63, 3.8) is 0 Å². The molecule has 2 aliphatic rings. The fourth-order valence-electron chi connectivity index (χ4n) is 3.91. The van der Waals surface area contributed by atoms with E-state index < -0.39 is 0 Å². The zero-order chi connectivity index (χ0) is 17.6. The van der Waals surface area contributed by atoms with Crippen molar-refractivity contribution in [2.24, 2.45) is 5.92 Å². The van der Waals surface area contributed by atoms with Crippen LogP contribution in [0, 0.1) is 16.0 Å². The summed E-state index contributed by atoms with van der Waals surface area (Å²) in [5.41, 5.74) is 3.02. The Hall–Kier alpha value is -3.02. The van der Waals surface area contributed by atoms with Crippen LogP contribution >= 0.6 is 0 Å². The van der Waals surface area contributed by atoms with Crippen molar-refractivity contribution >= 4 is 11.4 Å². The highest BCUT2D eigenvalue weighted by Crippen LogP contribution is 2.51. The van der Waals surface area contributed by atoms with Crippen molar-refractivity contribution in [1.82, 2.24) is 0 Å². The maximum Gasteiger partial charge on any atom is 0.269 e. The number of ether oxygens (including phenoxy) is 1. The topological polar surface area (TPSA) is 84.6 Å². The van der Waals surface area contributed by atoms with Crippen molar-refractivity contribution in [2.45, 2.75) is 18.4 Å². The third-order valence-electron chi connectivity index (χ3n) is 5.12. The molecule has 0 radical (unpaired) electrons. The Morgan fingerprint density at radius 2 is 2.12 bits per heavy atom. The van der Waals surface area contributed by atoms with Crippen LogP contribution in [-0.4, -0.2) is 17.1 Å². The molecule has 25 heavy (non-hydrogen) atoms. The number of phenols is 1. The third kappa shape index (κ3) is 2.50. The highest BCUT2D eigenvalue weighted by Gasteiger charge is 2.38. The number of benzene rings is 2. The molecular formula is C19H18N2O4. The SMILES string of the molecule is COc1cc(C2Nc3ccc([N+](=O)[O-])cc3C3C=CCC32)ccc1O. The molecule has 0 fully saturated rings. The minimum Gasteiger partial charge on any atom is -0.504 e. The highest BCUT2D eigenvalue weighted by atomic mass is 16.6. The summed E-state index contributed by atoms with van der Waals surface area (Å²) >= 11 is 0. The van der Waals surface area contributed by atoms with E-state index in [0.29, 0.717) is 5.75 Å². The van der Waals surface area contributed by atoms with Gasteiger partial charge in [0.1, 0.15) is 0 Å². The highest BCUT2D eigenvalue weighted by molar-refractivity contribution is 5.63. The van der Waals surface area contributed by atoms with Crippen LogP contribution in [0.2, 0.25) is 0 Å². The van der Waals surface area contributed by atoms with Gasteiger partial charge in [0.2, 0.25) is 0 Å². The van der Waals surface area contributed by atoms with E-state index in [1.807, 2.05) is 12.1 Å². The van der Waals surface area contributed by atoms with Crippen LogP contribution in [0.1, 0.15) is 29.5 Å². The lowest BCUT2D eigenvalue weighted by molar-refractivity contribution is -0.384. The molecule has 1 aliphatic heterocycles. The van der Waals surface area contributed by atoms with Gasteiger partial charge in [-0.3, -0.25) is 10.1 Å². The predicted molar refractivity (Wildman–Crippen MR) is 94.1 cm³/mol. The Morgan fingerprint density at radius 3 is 2.88 bits per heavy atom. The lowest BCUT2D eigenvalue weighted by atomic mass is 9.77. The van der Waals surface area contributed by atoms with Gasteiger partial charge in [-0.1, -0.05) is 18.2 Å². The van der Waals surface area contributed by atoms with Crippen molar-refractivity contribution < 1.29 is 14.8 Å². The molecule has 0 saturated carbocycles. The van der Waals surface area contributed by atoms with Crippen molar-refractivity contribution in [1.29, 1.82) is 0 Å². The molecule has 3 atom stereocenters. The molecular weight excluding hydrogens is 320 g/mol. The summed E-state index contributed by atoms with van der Waals surface area (Å²) in [5.74, 6) is 0.959. The summed E-state index contributed by atoms with van der Waals surface area (Å²) in [6.45, 7) is 0.